The minimum atomic E-state index is -0.852. The molecule has 0 saturated heterocycles. The number of nitrogens with zero attached hydrogens (tertiary/aromatic N) is 1. The topological polar surface area (TPSA) is 70.4 Å². The number of carboxylic acid groups (broad SMARTS) is 1. The maximum atomic E-state index is 10.9. The van der Waals surface area contributed by atoms with Gasteiger partial charge < -0.3 is 10.2 Å². The first-order valence-electron chi connectivity index (χ1n) is 7.42. The molecule has 0 saturated carbocycles. The van der Waals surface area contributed by atoms with Crippen LogP contribution >= 0.6 is 0 Å². The van der Waals surface area contributed by atoms with Crippen LogP contribution in [0.25, 0.3) is 22.0 Å². The van der Waals surface area contributed by atoms with Crippen LogP contribution in [0.2, 0.25) is 0 Å². The Morgan fingerprint density at radius 1 is 1.13 bits per heavy atom. The second-order valence-electron chi connectivity index (χ2n) is 5.62. The molecule has 3 rings (SSSR count). The smallest absolute Gasteiger partial charge is 0.307 e. The predicted octanol–water partition coefficient (Wildman–Crippen LogP) is 3.58. The van der Waals surface area contributed by atoms with E-state index < -0.39 is 12.1 Å². The number of carboxylic acids is 1. The summed E-state index contributed by atoms with van der Waals surface area (Å²) in [6.45, 7) is 1.73. The number of aromatic nitrogens is 1. The molecule has 0 aliphatic rings. The summed E-state index contributed by atoms with van der Waals surface area (Å²) in [5.41, 5.74) is 3.27. The zero-order valence-corrected chi connectivity index (χ0v) is 12.7. The second kappa shape index (κ2) is 6.18. The molecular formula is C19H17NO3. The van der Waals surface area contributed by atoms with Crippen molar-refractivity contribution in [2.45, 2.75) is 19.4 Å². The van der Waals surface area contributed by atoms with E-state index in [1.807, 2.05) is 42.5 Å². The maximum absolute atomic E-state index is 10.9. The van der Waals surface area contributed by atoms with Gasteiger partial charge in [0.2, 0.25) is 0 Å². The Labute approximate surface area is 134 Å². The minimum absolute atomic E-state index is 0.00635. The Balaban J connectivity index is 2.04. The van der Waals surface area contributed by atoms with E-state index in [0.717, 1.165) is 33.2 Å². The normalized spacial score (nSPS) is 12.3. The molecule has 4 nitrogen and oxygen atoms in total. The van der Waals surface area contributed by atoms with Gasteiger partial charge in [0.25, 0.3) is 0 Å². The predicted molar refractivity (Wildman–Crippen MR) is 89.2 cm³/mol. The molecule has 1 atom stereocenters. The lowest BCUT2D eigenvalue weighted by Crippen LogP contribution is -2.00. The van der Waals surface area contributed by atoms with Crippen LogP contribution in [-0.4, -0.2) is 21.2 Å². The highest BCUT2D eigenvalue weighted by atomic mass is 16.4. The fourth-order valence-corrected chi connectivity index (χ4v) is 2.59. The molecule has 3 aromatic rings. The highest BCUT2D eigenvalue weighted by Gasteiger charge is 2.07. The first kappa shape index (κ1) is 15.2. The SMILES string of the molecule is C[C@@H](O)c1ccc2cnc(-c3cccc(CC(=O)O)c3)cc2c1. The standard InChI is InChI=1S/C19H17NO3/c1-12(21)14-5-6-16-11-20-18(10-17(16)9-14)15-4-2-3-13(7-15)8-19(22)23/h2-7,9-12,21H,8H2,1H3,(H,22,23)/t12-/m1/s1. The van der Waals surface area contributed by atoms with Gasteiger partial charge in [-0.15, -0.1) is 0 Å². The lowest BCUT2D eigenvalue weighted by atomic mass is 10.0. The van der Waals surface area contributed by atoms with E-state index in [2.05, 4.69) is 4.98 Å². The zero-order valence-electron chi connectivity index (χ0n) is 12.7. The van der Waals surface area contributed by atoms with Crippen LogP contribution in [0.15, 0.2) is 54.7 Å². The summed E-state index contributed by atoms with van der Waals surface area (Å²) >= 11 is 0. The summed E-state index contributed by atoms with van der Waals surface area (Å²) in [6, 6.07) is 15.1. The molecule has 0 spiro atoms. The molecule has 0 unspecified atom stereocenters. The van der Waals surface area contributed by atoms with Gasteiger partial charge >= 0.3 is 5.97 Å². The number of aliphatic hydroxyl groups is 1. The summed E-state index contributed by atoms with van der Waals surface area (Å²) in [6.07, 6.45) is 1.27. The van der Waals surface area contributed by atoms with Gasteiger partial charge in [0.05, 0.1) is 18.2 Å². The minimum Gasteiger partial charge on any atom is -0.481 e. The Kier molecular flexibility index (Phi) is 4.08. The molecule has 0 amide bonds. The van der Waals surface area contributed by atoms with E-state index in [1.54, 1.807) is 19.2 Å². The Morgan fingerprint density at radius 2 is 1.96 bits per heavy atom. The van der Waals surface area contributed by atoms with Crippen LogP contribution in [0.1, 0.15) is 24.2 Å². The Hall–Kier alpha value is -2.72. The number of aliphatic carboxylic acids is 1. The van der Waals surface area contributed by atoms with E-state index in [-0.39, 0.29) is 6.42 Å². The molecule has 0 radical (unpaired) electrons. The van der Waals surface area contributed by atoms with Crippen molar-refractivity contribution in [1.29, 1.82) is 0 Å². The molecule has 4 heteroatoms. The zero-order chi connectivity index (χ0) is 16.4. The molecule has 1 heterocycles. The number of pyridine rings is 1. The summed E-state index contributed by atoms with van der Waals surface area (Å²) in [5.74, 6) is -0.852. The average Bonchev–Trinajstić information content (AvgIpc) is 2.53. The number of carbonyl (C=O) groups is 1. The molecule has 0 bridgehead atoms. The van der Waals surface area contributed by atoms with E-state index in [0.29, 0.717) is 0 Å². The number of fused-ring (bicyclic) bond motifs is 1. The molecule has 2 aromatic carbocycles. The third kappa shape index (κ3) is 3.38. The van der Waals surface area contributed by atoms with Gasteiger partial charge in [-0.3, -0.25) is 9.78 Å². The second-order valence-corrected chi connectivity index (χ2v) is 5.62. The van der Waals surface area contributed by atoms with Crippen molar-refractivity contribution in [2.75, 3.05) is 0 Å². The summed E-state index contributed by atoms with van der Waals surface area (Å²) < 4.78 is 0. The van der Waals surface area contributed by atoms with Gasteiger partial charge in [0, 0.05) is 17.1 Å². The molecular weight excluding hydrogens is 290 g/mol. The lowest BCUT2D eigenvalue weighted by Gasteiger charge is -2.08. The van der Waals surface area contributed by atoms with Crippen LogP contribution in [0.4, 0.5) is 0 Å². The van der Waals surface area contributed by atoms with Crippen LogP contribution in [0.3, 0.4) is 0 Å². The van der Waals surface area contributed by atoms with Crippen molar-refractivity contribution in [2.24, 2.45) is 0 Å². The Bertz CT molecular complexity index is 871. The maximum Gasteiger partial charge on any atom is 0.307 e. The molecule has 116 valence electrons. The number of aliphatic hydroxyl groups excluding tert-OH is 1. The van der Waals surface area contributed by atoms with Crippen LogP contribution < -0.4 is 0 Å². The van der Waals surface area contributed by atoms with Crippen LogP contribution in [-0.2, 0) is 11.2 Å². The number of hydrogen-bond acceptors (Lipinski definition) is 3. The molecule has 0 aliphatic carbocycles. The van der Waals surface area contributed by atoms with Crippen molar-refractivity contribution < 1.29 is 15.0 Å². The molecule has 0 aliphatic heterocycles. The van der Waals surface area contributed by atoms with Crippen molar-refractivity contribution in [1.82, 2.24) is 4.98 Å². The van der Waals surface area contributed by atoms with E-state index >= 15 is 0 Å². The van der Waals surface area contributed by atoms with Gasteiger partial charge in [-0.1, -0.05) is 30.3 Å². The fraction of sp³-hybridized carbons (Fsp3) is 0.158. The highest BCUT2D eigenvalue weighted by molar-refractivity contribution is 5.86. The number of rotatable bonds is 4. The third-order valence-electron chi connectivity index (χ3n) is 3.81. The van der Waals surface area contributed by atoms with Gasteiger partial charge in [-0.05, 0) is 41.6 Å². The number of benzene rings is 2. The molecule has 23 heavy (non-hydrogen) atoms. The lowest BCUT2D eigenvalue weighted by molar-refractivity contribution is -0.136. The van der Waals surface area contributed by atoms with Crippen LogP contribution in [0, 0.1) is 0 Å². The summed E-state index contributed by atoms with van der Waals surface area (Å²) in [5, 5.41) is 20.6. The number of hydrogen-bond donors (Lipinski definition) is 2. The highest BCUT2D eigenvalue weighted by Crippen LogP contribution is 2.25. The molecule has 1 aromatic heterocycles. The van der Waals surface area contributed by atoms with Crippen molar-refractivity contribution in [3.8, 4) is 11.3 Å². The monoisotopic (exact) mass is 307 g/mol. The van der Waals surface area contributed by atoms with Gasteiger partial charge in [0.1, 0.15) is 0 Å². The third-order valence-corrected chi connectivity index (χ3v) is 3.81. The average molecular weight is 307 g/mol. The summed E-state index contributed by atoms with van der Waals surface area (Å²) in [4.78, 5) is 15.3. The van der Waals surface area contributed by atoms with Gasteiger partial charge in [-0.25, -0.2) is 0 Å². The van der Waals surface area contributed by atoms with Gasteiger partial charge in [-0.2, -0.15) is 0 Å². The summed E-state index contributed by atoms with van der Waals surface area (Å²) in [7, 11) is 0. The quantitative estimate of drug-likeness (QED) is 0.773. The van der Waals surface area contributed by atoms with E-state index in [4.69, 9.17) is 5.11 Å². The van der Waals surface area contributed by atoms with Crippen molar-refractivity contribution >= 4 is 16.7 Å². The van der Waals surface area contributed by atoms with Crippen molar-refractivity contribution in [3.05, 3.63) is 65.9 Å². The van der Waals surface area contributed by atoms with Gasteiger partial charge in [0.15, 0.2) is 0 Å². The Morgan fingerprint density at radius 3 is 2.70 bits per heavy atom. The first-order valence-corrected chi connectivity index (χ1v) is 7.42. The van der Waals surface area contributed by atoms with Crippen LogP contribution in [0.5, 0.6) is 0 Å². The molecule has 2 N–H and O–H groups in total. The van der Waals surface area contributed by atoms with Crippen molar-refractivity contribution in [3.63, 3.8) is 0 Å². The van der Waals surface area contributed by atoms with E-state index in [9.17, 15) is 9.90 Å². The van der Waals surface area contributed by atoms with E-state index in [1.165, 1.54) is 0 Å². The first-order chi connectivity index (χ1) is 11.0. The molecule has 0 fully saturated rings. The largest absolute Gasteiger partial charge is 0.481 e. The fourth-order valence-electron chi connectivity index (χ4n) is 2.59.